The molecule has 0 aliphatic carbocycles. The average Bonchev–Trinajstić information content (AvgIpc) is 3.27. The predicted octanol–water partition coefficient (Wildman–Crippen LogP) is 2.72. The molecule has 3 aromatic heterocycles. The molecule has 0 atom stereocenters. The first kappa shape index (κ1) is 16.0. The molecule has 0 unspecified atom stereocenters. The van der Waals surface area contributed by atoms with Gasteiger partial charge < -0.3 is 9.88 Å². The molecule has 0 bridgehead atoms. The van der Waals surface area contributed by atoms with E-state index in [-0.39, 0.29) is 5.91 Å². The summed E-state index contributed by atoms with van der Waals surface area (Å²) in [4.78, 5) is 30.5. The second-order valence-electron chi connectivity index (χ2n) is 6.19. The van der Waals surface area contributed by atoms with Gasteiger partial charge in [0.25, 0.3) is 5.91 Å². The summed E-state index contributed by atoms with van der Waals surface area (Å²) in [6, 6.07) is 11.6. The van der Waals surface area contributed by atoms with Gasteiger partial charge in [0.1, 0.15) is 17.7 Å². The highest BCUT2D eigenvalue weighted by molar-refractivity contribution is 5.96. The molecule has 130 valence electrons. The Balaban J connectivity index is 1.60. The van der Waals surface area contributed by atoms with Gasteiger partial charge in [0, 0.05) is 30.8 Å². The number of benzene rings is 1. The van der Waals surface area contributed by atoms with Crippen LogP contribution in [0.2, 0.25) is 0 Å². The number of H-pyrrole nitrogens is 1. The van der Waals surface area contributed by atoms with E-state index in [4.69, 9.17) is 0 Å². The Labute approximate surface area is 150 Å². The second kappa shape index (κ2) is 6.44. The van der Waals surface area contributed by atoms with E-state index in [0.717, 1.165) is 22.9 Å². The maximum absolute atomic E-state index is 12.7. The van der Waals surface area contributed by atoms with E-state index in [1.54, 1.807) is 36.7 Å². The van der Waals surface area contributed by atoms with Crippen molar-refractivity contribution in [3.63, 3.8) is 0 Å². The average molecular weight is 346 g/mol. The Hall–Kier alpha value is -3.48. The second-order valence-corrected chi connectivity index (χ2v) is 6.19. The predicted molar refractivity (Wildman–Crippen MR) is 98.0 cm³/mol. The van der Waals surface area contributed by atoms with Gasteiger partial charge in [-0.25, -0.2) is 15.0 Å². The monoisotopic (exact) mass is 346 g/mol. The largest absolute Gasteiger partial charge is 0.345 e. The first-order valence-electron chi connectivity index (χ1n) is 8.26. The van der Waals surface area contributed by atoms with Crippen LogP contribution in [0.1, 0.15) is 21.9 Å². The lowest BCUT2D eigenvalue weighted by Crippen LogP contribution is -2.26. The SMILES string of the molecule is Cc1cnc(CN(C)C(=O)c2cnc3c(c2)ncn3-c2ccccc2)[nH]1. The van der Waals surface area contributed by atoms with Gasteiger partial charge in [-0.05, 0) is 25.1 Å². The minimum Gasteiger partial charge on any atom is -0.345 e. The van der Waals surface area contributed by atoms with E-state index in [1.807, 2.05) is 41.8 Å². The van der Waals surface area contributed by atoms with Crippen molar-refractivity contribution in [2.75, 3.05) is 7.05 Å². The molecule has 1 N–H and O–H groups in total. The maximum atomic E-state index is 12.7. The van der Waals surface area contributed by atoms with Crippen LogP contribution in [-0.2, 0) is 6.54 Å². The molecule has 0 aliphatic rings. The Kier molecular flexibility index (Phi) is 3.96. The third-order valence-corrected chi connectivity index (χ3v) is 4.16. The van der Waals surface area contributed by atoms with Crippen LogP contribution in [0.3, 0.4) is 0 Å². The Morgan fingerprint density at radius 2 is 1.96 bits per heavy atom. The number of nitrogens with zero attached hydrogens (tertiary/aromatic N) is 5. The van der Waals surface area contributed by atoms with E-state index >= 15 is 0 Å². The number of amides is 1. The molecule has 0 radical (unpaired) electrons. The molecule has 0 spiro atoms. The topological polar surface area (TPSA) is 79.7 Å². The van der Waals surface area contributed by atoms with Gasteiger partial charge >= 0.3 is 0 Å². The number of para-hydroxylation sites is 1. The van der Waals surface area contributed by atoms with Crippen LogP contribution in [0, 0.1) is 6.92 Å². The molecule has 0 saturated heterocycles. The Morgan fingerprint density at radius 3 is 2.69 bits per heavy atom. The number of rotatable bonds is 4. The van der Waals surface area contributed by atoms with Gasteiger partial charge in [-0.15, -0.1) is 0 Å². The van der Waals surface area contributed by atoms with Gasteiger partial charge in [-0.3, -0.25) is 9.36 Å². The molecule has 7 heteroatoms. The minimum atomic E-state index is -0.122. The number of carbonyl (C=O) groups is 1. The van der Waals surface area contributed by atoms with E-state index in [9.17, 15) is 4.79 Å². The fourth-order valence-corrected chi connectivity index (χ4v) is 2.86. The number of carbonyl (C=O) groups excluding carboxylic acids is 1. The van der Waals surface area contributed by atoms with E-state index < -0.39 is 0 Å². The van der Waals surface area contributed by atoms with Crippen LogP contribution >= 0.6 is 0 Å². The number of nitrogens with one attached hydrogen (secondary N) is 1. The quantitative estimate of drug-likeness (QED) is 0.616. The number of fused-ring (bicyclic) bond motifs is 1. The highest BCUT2D eigenvalue weighted by atomic mass is 16.2. The summed E-state index contributed by atoms with van der Waals surface area (Å²) < 4.78 is 1.90. The first-order valence-corrected chi connectivity index (χ1v) is 8.26. The molecule has 4 rings (SSSR count). The minimum absolute atomic E-state index is 0.122. The standard InChI is InChI=1S/C19H18N6O/c1-13-9-20-17(23-13)11-24(2)19(26)14-8-16-18(21-10-14)25(12-22-16)15-6-4-3-5-7-15/h3-10,12H,11H2,1-2H3,(H,20,23). The number of aryl methyl sites for hydroxylation is 1. The van der Waals surface area contributed by atoms with Crippen LogP contribution in [0.5, 0.6) is 0 Å². The van der Waals surface area contributed by atoms with Crippen molar-refractivity contribution in [3.05, 3.63) is 72.2 Å². The molecule has 0 fully saturated rings. The molecule has 4 aromatic rings. The summed E-state index contributed by atoms with van der Waals surface area (Å²) in [7, 11) is 1.74. The van der Waals surface area contributed by atoms with Gasteiger partial charge in [0.2, 0.25) is 0 Å². The van der Waals surface area contributed by atoms with E-state index in [1.165, 1.54) is 0 Å². The third kappa shape index (κ3) is 2.95. The normalized spacial score (nSPS) is 11.0. The van der Waals surface area contributed by atoms with Crippen LogP contribution in [-0.4, -0.2) is 42.4 Å². The third-order valence-electron chi connectivity index (χ3n) is 4.16. The zero-order valence-corrected chi connectivity index (χ0v) is 14.5. The summed E-state index contributed by atoms with van der Waals surface area (Å²) in [5.74, 6) is 0.628. The van der Waals surface area contributed by atoms with Crippen LogP contribution < -0.4 is 0 Å². The van der Waals surface area contributed by atoms with Crippen LogP contribution in [0.4, 0.5) is 0 Å². The van der Waals surface area contributed by atoms with Crippen molar-refractivity contribution in [2.24, 2.45) is 0 Å². The summed E-state index contributed by atoms with van der Waals surface area (Å²) in [6.07, 6.45) is 5.06. The van der Waals surface area contributed by atoms with Gasteiger partial charge in [-0.2, -0.15) is 0 Å². The van der Waals surface area contributed by atoms with Crippen molar-refractivity contribution in [2.45, 2.75) is 13.5 Å². The number of aromatic nitrogens is 5. The molecule has 1 aromatic carbocycles. The number of hydrogen-bond acceptors (Lipinski definition) is 4. The van der Waals surface area contributed by atoms with Crippen LogP contribution in [0.25, 0.3) is 16.9 Å². The van der Waals surface area contributed by atoms with Crippen molar-refractivity contribution in [1.29, 1.82) is 0 Å². The first-order chi connectivity index (χ1) is 12.6. The highest BCUT2D eigenvalue weighted by Crippen LogP contribution is 2.18. The smallest absolute Gasteiger partial charge is 0.255 e. The molecule has 3 heterocycles. The molecular weight excluding hydrogens is 328 g/mol. The molecule has 26 heavy (non-hydrogen) atoms. The summed E-state index contributed by atoms with van der Waals surface area (Å²) in [6.45, 7) is 2.34. The lowest BCUT2D eigenvalue weighted by molar-refractivity contribution is 0.0781. The maximum Gasteiger partial charge on any atom is 0.255 e. The summed E-state index contributed by atoms with van der Waals surface area (Å²) >= 11 is 0. The number of hydrogen-bond donors (Lipinski definition) is 1. The van der Waals surface area contributed by atoms with Crippen molar-refractivity contribution >= 4 is 17.1 Å². The summed E-state index contributed by atoms with van der Waals surface area (Å²) in [5, 5.41) is 0. The number of pyridine rings is 1. The molecule has 7 nitrogen and oxygen atoms in total. The highest BCUT2D eigenvalue weighted by Gasteiger charge is 2.16. The van der Waals surface area contributed by atoms with Gasteiger partial charge in [-0.1, -0.05) is 18.2 Å². The van der Waals surface area contributed by atoms with Crippen molar-refractivity contribution in [3.8, 4) is 5.69 Å². The zero-order chi connectivity index (χ0) is 18.1. The fourth-order valence-electron chi connectivity index (χ4n) is 2.86. The fraction of sp³-hybridized carbons (Fsp3) is 0.158. The van der Waals surface area contributed by atoms with E-state index in [2.05, 4.69) is 19.9 Å². The number of imidazole rings is 2. The van der Waals surface area contributed by atoms with Crippen molar-refractivity contribution < 1.29 is 4.79 Å². The number of aromatic amines is 1. The molecule has 1 amide bonds. The summed E-state index contributed by atoms with van der Waals surface area (Å²) in [5.41, 5.74) is 3.85. The van der Waals surface area contributed by atoms with E-state index in [0.29, 0.717) is 17.6 Å². The Morgan fingerprint density at radius 1 is 1.15 bits per heavy atom. The van der Waals surface area contributed by atoms with Crippen LogP contribution in [0.15, 0.2) is 55.1 Å². The molecule has 0 saturated carbocycles. The lowest BCUT2D eigenvalue weighted by Gasteiger charge is -2.15. The molecular formula is C19H18N6O. The van der Waals surface area contributed by atoms with Gasteiger partial charge in [0.05, 0.1) is 12.1 Å². The lowest BCUT2D eigenvalue weighted by atomic mass is 10.2. The van der Waals surface area contributed by atoms with Crippen molar-refractivity contribution in [1.82, 2.24) is 29.4 Å². The molecule has 0 aliphatic heterocycles. The zero-order valence-electron chi connectivity index (χ0n) is 14.5. The van der Waals surface area contributed by atoms with Gasteiger partial charge in [0.15, 0.2) is 5.65 Å². The Bertz CT molecular complexity index is 1070.